The molecule has 0 radical (unpaired) electrons. The summed E-state index contributed by atoms with van der Waals surface area (Å²) in [7, 11) is 1.80. The Morgan fingerprint density at radius 1 is 1.52 bits per heavy atom. The number of carbonyl (C=O) groups is 1. The first-order chi connectivity index (χ1) is 10.0. The van der Waals surface area contributed by atoms with Gasteiger partial charge in [0.25, 0.3) is 0 Å². The van der Waals surface area contributed by atoms with E-state index in [2.05, 4.69) is 11.2 Å². The van der Waals surface area contributed by atoms with Crippen molar-refractivity contribution in [3.8, 4) is 6.07 Å². The zero-order valence-corrected chi connectivity index (χ0v) is 12.0. The predicted octanol–water partition coefficient (Wildman–Crippen LogP) is 1.54. The second-order valence-corrected chi connectivity index (χ2v) is 5.37. The fraction of sp³-hybridized carbons (Fsp3) is 0.400. The van der Waals surface area contributed by atoms with Crippen molar-refractivity contribution in [1.82, 2.24) is 9.78 Å². The van der Waals surface area contributed by atoms with E-state index in [1.165, 1.54) is 0 Å². The van der Waals surface area contributed by atoms with Crippen molar-refractivity contribution in [3.05, 3.63) is 40.2 Å². The number of ether oxygens (including phenoxy) is 1. The lowest BCUT2D eigenvalue weighted by atomic mass is 9.79. The number of rotatable bonds is 1. The van der Waals surface area contributed by atoms with E-state index in [0.29, 0.717) is 24.2 Å². The van der Waals surface area contributed by atoms with Crippen molar-refractivity contribution < 1.29 is 9.53 Å². The second kappa shape index (κ2) is 4.77. The van der Waals surface area contributed by atoms with Gasteiger partial charge in [-0.2, -0.15) is 10.4 Å². The quantitative estimate of drug-likeness (QED) is 0.844. The third kappa shape index (κ3) is 2.02. The summed E-state index contributed by atoms with van der Waals surface area (Å²) >= 11 is 0. The van der Waals surface area contributed by atoms with E-state index >= 15 is 0 Å². The summed E-state index contributed by atoms with van der Waals surface area (Å²) in [6.07, 6.45) is 1.91. The molecule has 0 saturated heterocycles. The highest BCUT2D eigenvalue weighted by Gasteiger charge is 2.39. The van der Waals surface area contributed by atoms with Crippen molar-refractivity contribution in [2.45, 2.75) is 32.1 Å². The molecule has 2 heterocycles. The van der Waals surface area contributed by atoms with Crippen LogP contribution in [0.15, 0.2) is 28.9 Å². The molecule has 108 valence electrons. The summed E-state index contributed by atoms with van der Waals surface area (Å²) in [6.45, 7) is 1.87. The van der Waals surface area contributed by atoms with E-state index in [0.717, 1.165) is 17.8 Å². The van der Waals surface area contributed by atoms with Crippen molar-refractivity contribution in [2.24, 2.45) is 12.8 Å². The molecule has 0 unspecified atom stereocenters. The minimum atomic E-state index is -0.474. The first kappa shape index (κ1) is 13.4. The van der Waals surface area contributed by atoms with Gasteiger partial charge in [0, 0.05) is 25.5 Å². The Kier molecular flexibility index (Phi) is 3.05. The molecule has 0 amide bonds. The lowest BCUT2D eigenvalue weighted by Gasteiger charge is -2.30. The first-order valence-electron chi connectivity index (χ1n) is 6.87. The van der Waals surface area contributed by atoms with Gasteiger partial charge in [0.1, 0.15) is 17.4 Å². The van der Waals surface area contributed by atoms with Gasteiger partial charge in [-0.3, -0.25) is 9.48 Å². The van der Waals surface area contributed by atoms with Crippen LogP contribution in [0.5, 0.6) is 0 Å². The number of nitrogens with two attached hydrogens (primary N) is 1. The van der Waals surface area contributed by atoms with E-state index in [1.807, 2.05) is 13.0 Å². The Bertz CT molecular complexity index is 733. The molecule has 1 atom stereocenters. The molecule has 0 fully saturated rings. The van der Waals surface area contributed by atoms with Crippen LogP contribution in [-0.2, 0) is 16.6 Å². The lowest BCUT2D eigenvalue weighted by Crippen LogP contribution is -2.28. The monoisotopic (exact) mass is 284 g/mol. The second-order valence-electron chi connectivity index (χ2n) is 5.37. The smallest absolute Gasteiger partial charge is 0.205 e. The van der Waals surface area contributed by atoms with Gasteiger partial charge in [-0.1, -0.05) is 0 Å². The van der Waals surface area contributed by atoms with Crippen LogP contribution in [0.2, 0.25) is 0 Å². The minimum absolute atomic E-state index is 0.0281. The largest absolute Gasteiger partial charge is 0.444 e. The Balaban J connectivity index is 2.22. The molecule has 2 aliphatic rings. The van der Waals surface area contributed by atoms with Crippen LogP contribution in [0.25, 0.3) is 0 Å². The van der Waals surface area contributed by atoms with Crippen molar-refractivity contribution in [2.75, 3.05) is 0 Å². The van der Waals surface area contributed by atoms with Gasteiger partial charge in [-0.25, -0.2) is 0 Å². The number of aromatic nitrogens is 2. The molecule has 3 rings (SSSR count). The maximum atomic E-state index is 12.4. The van der Waals surface area contributed by atoms with E-state index < -0.39 is 5.92 Å². The fourth-order valence-electron chi connectivity index (χ4n) is 3.05. The Morgan fingerprint density at radius 3 is 2.90 bits per heavy atom. The van der Waals surface area contributed by atoms with Crippen LogP contribution in [-0.4, -0.2) is 15.6 Å². The molecule has 21 heavy (non-hydrogen) atoms. The molecule has 2 N–H and O–H groups in total. The van der Waals surface area contributed by atoms with Gasteiger partial charge in [0.2, 0.25) is 5.88 Å². The van der Waals surface area contributed by atoms with Gasteiger partial charge in [-0.15, -0.1) is 0 Å². The minimum Gasteiger partial charge on any atom is -0.444 e. The number of nitrogens with zero attached hydrogens (tertiary/aromatic N) is 3. The molecular weight excluding hydrogens is 268 g/mol. The number of hydrogen-bond donors (Lipinski definition) is 1. The summed E-state index contributed by atoms with van der Waals surface area (Å²) < 4.78 is 7.22. The molecule has 0 saturated carbocycles. The zero-order chi connectivity index (χ0) is 15.1. The number of ketones is 1. The molecule has 0 aromatic carbocycles. The lowest BCUT2D eigenvalue weighted by molar-refractivity contribution is -0.116. The Hall–Kier alpha value is -2.55. The normalized spacial score (nSPS) is 22.0. The summed E-state index contributed by atoms with van der Waals surface area (Å²) in [6, 6.07) is 3.98. The number of aryl methyl sites for hydroxylation is 2. The highest BCUT2D eigenvalue weighted by atomic mass is 16.5. The summed E-state index contributed by atoms with van der Waals surface area (Å²) in [5.74, 6) is 0.250. The average molecular weight is 284 g/mol. The maximum Gasteiger partial charge on any atom is 0.205 e. The van der Waals surface area contributed by atoms with E-state index in [1.54, 1.807) is 11.7 Å². The van der Waals surface area contributed by atoms with Gasteiger partial charge in [0.05, 0.1) is 17.3 Å². The van der Waals surface area contributed by atoms with Crippen LogP contribution in [0, 0.1) is 18.3 Å². The van der Waals surface area contributed by atoms with Crippen molar-refractivity contribution >= 4 is 5.78 Å². The van der Waals surface area contributed by atoms with Gasteiger partial charge in [0.15, 0.2) is 5.78 Å². The average Bonchev–Trinajstić information content (AvgIpc) is 2.76. The molecule has 1 aromatic heterocycles. The van der Waals surface area contributed by atoms with Crippen molar-refractivity contribution in [3.63, 3.8) is 0 Å². The Labute approximate surface area is 122 Å². The van der Waals surface area contributed by atoms with Gasteiger partial charge >= 0.3 is 0 Å². The molecule has 0 spiro atoms. The standard InChI is InChI=1S/C15H16N4O2/c1-8-6-10(19(2)18-8)13-9(7-16)15(17)21-12-5-3-4-11(20)14(12)13/h6,13H,3-5,17H2,1-2H3/t13-/m0/s1. The Morgan fingerprint density at radius 2 is 2.29 bits per heavy atom. The molecule has 1 aromatic rings. The van der Waals surface area contributed by atoms with Gasteiger partial charge < -0.3 is 10.5 Å². The third-order valence-electron chi connectivity index (χ3n) is 3.94. The van der Waals surface area contributed by atoms with Crippen LogP contribution in [0.3, 0.4) is 0 Å². The topological polar surface area (TPSA) is 93.9 Å². The van der Waals surface area contributed by atoms with Crippen LogP contribution in [0.1, 0.15) is 36.6 Å². The summed E-state index contributed by atoms with van der Waals surface area (Å²) in [4.78, 5) is 12.4. The molecule has 1 aliphatic carbocycles. The van der Waals surface area contributed by atoms with Crippen LogP contribution in [0.4, 0.5) is 0 Å². The maximum absolute atomic E-state index is 12.4. The molecular formula is C15H16N4O2. The van der Waals surface area contributed by atoms with E-state index in [9.17, 15) is 10.1 Å². The third-order valence-corrected chi connectivity index (χ3v) is 3.94. The number of allylic oxidation sites excluding steroid dienone is 3. The highest BCUT2D eigenvalue weighted by Crippen LogP contribution is 2.43. The first-order valence-corrected chi connectivity index (χ1v) is 6.87. The molecule has 0 bridgehead atoms. The predicted molar refractivity (Wildman–Crippen MR) is 74.5 cm³/mol. The van der Waals surface area contributed by atoms with Crippen LogP contribution >= 0.6 is 0 Å². The zero-order valence-electron chi connectivity index (χ0n) is 12.0. The van der Waals surface area contributed by atoms with Crippen molar-refractivity contribution in [1.29, 1.82) is 5.26 Å². The summed E-state index contributed by atoms with van der Waals surface area (Å²) in [5.41, 5.74) is 8.36. The highest BCUT2D eigenvalue weighted by molar-refractivity contribution is 5.99. The van der Waals surface area contributed by atoms with E-state index in [4.69, 9.17) is 10.5 Å². The summed E-state index contributed by atoms with van der Waals surface area (Å²) in [5, 5.41) is 13.7. The van der Waals surface area contributed by atoms with Crippen LogP contribution < -0.4 is 5.73 Å². The number of Topliss-reactive ketones (excluding diaryl/α,β-unsaturated/α-hetero) is 1. The number of carbonyl (C=O) groups excluding carboxylic acids is 1. The van der Waals surface area contributed by atoms with Gasteiger partial charge in [-0.05, 0) is 19.4 Å². The molecule has 6 nitrogen and oxygen atoms in total. The van der Waals surface area contributed by atoms with E-state index in [-0.39, 0.29) is 17.2 Å². The SMILES string of the molecule is Cc1cc([C@@H]2C(C#N)=C(N)OC3=C2C(=O)CCC3)n(C)n1. The number of nitriles is 1. The molecule has 6 heteroatoms. The fourth-order valence-corrected chi connectivity index (χ4v) is 3.05. The molecule has 1 aliphatic heterocycles. The number of hydrogen-bond acceptors (Lipinski definition) is 5.